The van der Waals surface area contributed by atoms with Crippen molar-refractivity contribution in [2.24, 2.45) is 4.99 Å². The molecule has 0 spiro atoms. The lowest BCUT2D eigenvalue weighted by Gasteiger charge is -2.13. The van der Waals surface area contributed by atoms with Gasteiger partial charge in [0.05, 0.1) is 16.3 Å². The van der Waals surface area contributed by atoms with Crippen LogP contribution in [0.5, 0.6) is 0 Å². The van der Waals surface area contributed by atoms with E-state index >= 15 is 0 Å². The lowest BCUT2D eigenvalue weighted by Crippen LogP contribution is -2.11. The molecule has 2 aromatic carbocycles. The normalized spacial score (nSPS) is 12.8. The lowest BCUT2D eigenvalue weighted by molar-refractivity contribution is -0.384. The Kier molecular flexibility index (Phi) is 3.77. The van der Waals surface area contributed by atoms with Gasteiger partial charge in [0.25, 0.3) is 5.69 Å². The number of aromatic nitrogens is 3. The number of aliphatic hydroxyl groups excluding tert-OH is 1. The van der Waals surface area contributed by atoms with Gasteiger partial charge in [0, 0.05) is 23.3 Å². The van der Waals surface area contributed by atoms with Crippen LogP contribution in [0.15, 0.2) is 47.5 Å². The van der Waals surface area contributed by atoms with Crippen LogP contribution < -0.4 is 0 Å². The highest BCUT2D eigenvalue weighted by Gasteiger charge is 2.25. The minimum Gasteiger partial charge on any atom is -0.388 e. The van der Waals surface area contributed by atoms with E-state index in [-0.39, 0.29) is 35.9 Å². The summed E-state index contributed by atoms with van der Waals surface area (Å²) in [6, 6.07) is 10.3. The second kappa shape index (κ2) is 6.12. The molecule has 1 aromatic heterocycles. The van der Waals surface area contributed by atoms with Crippen LogP contribution in [0.4, 0.5) is 10.1 Å². The van der Waals surface area contributed by atoms with Gasteiger partial charge in [-0.2, -0.15) is 0 Å². The fourth-order valence-corrected chi connectivity index (χ4v) is 2.98. The van der Waals surface area contributed by atoms with Gasteiger partial charge in [-0.05, 0) is 18.2 Å². The maximum absolute atomic E-state index is 14.4. The van der Waals surface area contributed by atoms with Crippen LogP contribution in [0.1, 0.15) is 22.8 Å². The van der Waals surface area contributed by atoms with Crippen molar-refractivity contribution >= 4 is 11.4 Å². The SMILES string of the molecule is O=[N+]([O-])c1ccc2c(c1)C(c1ccccc1F)=NCc1nnc(CO)n1-2. The molecular formula is C17H12FN5O3. The fraction of sp³-hybridized carbons (Fsp3) is 0.118. The minimum atomic E-state index is -0.524. The highest BCUT2D eigenvalue weighted by atomic mass is 19.1. The summed E-state index contributed by atoms with van der Waals surface area (Å²) in [5.41, 5.74) is 1.25. The number of nitro benzene ring substituents is 1. The van der Waals surface area contributed by atoms with Crippen molar-refractivity contribution in [2.45, 2.75) is 13.2 Å². The van der Waals surface area contributed by atoms with E-state index in [1.165, 1.54) is 24.3 Å². The third-order valence-electron chi connectivity index (χ3n) is 4.13. The van der Waals surface area contributed by atoms with E-state index in [1.807, 2.05) is 0 Å². The summed E-state index contributed by atoms with van der Waals surface area (Å²) < 4.78 is 16.0. The molecule has 0 aliphatic carbocycles. The van der Waals surface area contributed by atoms with E-state index in [9.17, 15) is 19.6 Å². The van der Waals surface area contributed by atoms with Crippen molar-refractivity contribution in [3.63, 3.8) is 0 Å². The van der Waals surface area contributed by atoms with Gasteiger partial charge < -0.3 is 5.11 Å². The molecule has 1 N–H and O–H groups in total. The molecule has 130 valence electrons. The Morgan fingerprint density at radius 1 is 1.19 bits per heavy atom. The number of rotatable bonds is 3. The van der Waals surface area contributed by atoms with Crippen LogP contribution in [0.3, 0.4) is 0 Å². The second-order valence-corrected chi connectivity index (χ2v) is 5.63. The minimum absolute atomic E-state index is 0.0964. The molecule has 3 aromatic rings. The number of benzene rings is 2. The van der Waals surface area contributed by atoms with Crippen LogP contribution in [-0.2, 0) is 13.2 Å². The molecule has 0 atom stereocenters. The van der Waals surface area contributed by atoms with Gasteiger partial charge >= 0.3 is 0 Å². The zero-order chi connectivity index (χ0) is 18.3. The van der Waals surface area contributed by atoms with Crippen molar-refractivity contribution in [1.82, 2.24) is 14.8 Å². The predicted octanol–water partition coefficient (Wildman–Crippen LogP) is 2.16. The molecule has 0 radical (unpaired) electrons. The first kappa shape index (κ1) is 16.0. The lowest BCUT2D eigenvalue weighted by atomic mass is 9.99. The van der Waals surface area contributed by atoms with Crippen LogP contribution in [0, 0.1) is 15.9 Å². The maximum atomic E-state index is 14.4. The van der Waals surface area contributed by atoms with Gasteiger partial charge in [0.2, 0.25) is 0 Å². The van der Waals surface area contributed by atoms with Gasteiger partial charge in [0.1, 0.15) is 19.0 Å². The summed E-state index contributed by atoms with van der Waals surface area (Å²) in [6.07, 6.45) is 0. The largest absolute Gasteiger partial charge is 0.388 e. The van der Waals surface area contributed by atoms with Crippen molar-refractivity contribution in [1.29, 1.82) is 0 Å². The Labute approximate surface area is 146 Å². The summed E-state index contributed by atoms with van der Waals surface area (Å²) in [6.45, 7) is -0.266. The van der Waals surface area contributed by atoms with E-state index in [0.29, 0.717) is 17.1 Å². The molecule has 0 saturated carbocycles. The molecule has 1 aliphatic heterocycles. The molecule has 9 heteroatoms. The van der Waals surface area contributed by atoms with Crippen molar-refractivity contribution in [3.8, 4) is 5.69 Å². The summed E-state index contributed by atoms with van der Waals surface area (Å²) in [4.78, 5) is 15.1. The maximum Gasteiger partial charge on any atom is 0.270 e. The van der Waals surface area contributed by atoms with Crippen molar-refractivity contribution < 1.29 is 14.4 Å². The first-order valence-electron chi connectivity index (χ1n) is 7.72. The average Bonchev–Trinajstić information content (AvgIpc) is 2.98. The molecule has 4 rings (SSSR count). The highest BCUT2D eigenvalue weighted by Crippen LogP contribution is 2.29. The topological polar surface area (TPSA) is 106 Å². The summed E-state index contributed by atoms with van der Waals surface area (Å²) in [5, 5.41) is 28.7. The number of hydrogen-bond acceptors (Lipinski definition) is 6. The van der Waals surface area contributed by atoms with E-state index in [4.69, 9.17) is 0 Å². The van der Waals surface area contributed by atoms with E-state index < -0.39 is 10.7 Å². The number of nitrogens with zero attached hydrogens (tertiary/aromatic N) is 5. The Hall–Kier alpha value is -3.46. The Balaban J connectivity index is 2.03. The molecule has 8 nitrogen and oxygen atoms in total. The number of aliphatic hydroxyl groups is 1. The van der Waals surface area contributed by atoms with Crippen molar-refractivity contribution in [2.75, 3.05) is 0 Å². The van der Waals surface area contributed by atoms with Crippen molar-refractivity contribution in [3.05, 3.63) is 81.2 Å². The molecule has 0 bridgehead atoms. The Morgan fingerprint density at radius 2 is 2.00 bits per heavy atom. The standard InChI is InChI=1S/C17H12FN5O3/c18-13-4-2-1-3-11(13)17-12-7-10(23(25)26)5-6-14(12)22-15(8-19-17)20-21-16(22)9-24/h1-7,24H,8-9H2. The number of non-ortho nitro benzene ring substituents is 1. The van der Waals surface area contributed by atoms with Crippen LogP contribution >= 0.6 is 0 Å². The quantitative estimate of drug-likeness (QED) is 0.574. The zero-order valence-electron chi connectivity index (χ0n) is 13.3. The zero-order valence-corrected chi connectivity index (χ0v) is 13.3. The summed E-state index contributed by atoms with van der Waals surface area (Å²) in [7, 11) is 0. The van der Waals surface area contributed by atoms with Gasteiger partial charge in [0.15, 0.2) is 11.6 Å². The number of aliphatic imine (C=N–C) groups is 1. The number of hydrogen-bond donors (Lipinski definition) is 1. The average molecular weight is 353 g/mol. The molecule has 0 saturated heterocycles. The van der Waals surface area contributed by atoms with E-state index in [0.717, 1.165) is 0 Å². The summed E-state index contributed by atoms with van der Waals surface area (Å²) >= 11 is 0. The van der Waals surface area contributed by atoms with Crippen LogP contribution in [-0.4, -0.2) is 30.5 Å². The molecule has 0 amide bonds. The van der Waals surface area contributed by atoms with Gasteiger partial charge in [-0.15, -0.1) is 10.2 Å². The van der Waals surface area contributed by atoms with E-state index in [1.54, 1.807) is 22.8 Å². The van der Waals surface area contributed by atoms with Gasteiger partial charge in [-0.25, -0.2) is 4.39 Å². The second-order valence-electron chi connectivity index (χ2n) is 5.63. The van der Waals surface area contributed by atoms with Crippen LogP contribution in [0.25, 0.3) is 5.69 Å². The third kappa shape index (κ3) is 2.45. The summed E-state index contributed by atoms with van der Waals surface area (Å²) in [5.74, 6) is 0.249. The molecular weight excluding hydrogens is 341 g/mol. The van der Waals surface area contributed by atoms with Gasteiger partial charge in [-0.3, -0.25) is 19.7 Å². The number of halogens is 1. The van der Waals surface area contributed by atoms with E-state index in [2.05, 4.69) is 15.2 Å². The number of nitro groups is 1. The monoisotopic (exact) mass is 353 g/mol. The Morgan fingerprint density at radius 3 is 2.73 bits per heavy atom. The molecule has 2 heterocycles. The molecule has 26 heavy (non-hydrogen) atoms. The molecule has 0 unspecified atom stereocenters. The molecule has 1 aliphatic rings. The molecule has 0 fully saturated rings. The predicted molar refractivity (Wildman–Crippen MR) is 89.7 cm³/mol. The first-order chi connectivity index (χ1) is 12.6. The third-order valence-corrected chi connectivity index (χ3v) is 4.13. The smallest absolute Gasteiger partial charge is 0.270 e. The number of fused-ring (bicyclic) bond motifs is 3. The Bertz CT molecular complexity index is 1060. The van der Waals surface area contributed by atoms with Crippen LogP contribution in [0.2, 0.25) is 0 Å². The highest BCUT2D eigenvalue weighted by molar-refractivity contribution is 6.15. The van der Waals surface area contributed by atoms with Gasteiger partial charge in [-0.1, -0.05) is 12.1 Å². The fourth-order valence-electron chi connectivity index (χ4n) is 2.98. The first-order valence-corrected chi connectivity index (χ1v) is 7.72.